The molecule has 0 aliphatic heterocycles. The fourth-order valence-electron chi connectivity index (χ4n) is 2.55. The fourth-order valence-corrected chi connectivity index (χ4v) is 2.55. The molecule has 0 saturated heterocycles. The average molecular weight is 509 g/mol. The van der Waals surface area contributed by atoms with E-state index in [0.29, 0.717) is 36.1 Å². The molecule has 1 aromatic rings. The molecule has 28 heavy (non-hydrogen) atoms. The highest BCUT2D eigenvalue weighted by Gasteiger charge is 2.24. The van der Waals surface area contributed by atoms with Crippen LogP contribution in [-0.4, -0.2) is 58.1 Å². The molecule has 1 rings (SSSR count). The van der Waals surface area contributed by atoms with E-state index >= 15 is 0 Å². The Labute approximate surface area is 186 Å². The van der Waals surface area contributed by atoms with Crippen LogP contribution in [0.3, 0.4) is 0 Å². The summed E-state index contributed by atoms with van der Waals surface area (Å²) in [6.07, 6.45) is -0.737. The first kappa shape index (κ1) is 26.7. The van der Waals surface area contributed by atoms with Crippen molar-refractivity contribution in [2.45, 2.75) is 39.9 Å². The van der Waals surface area contributed by atoms with Gasteiger partial charge in [-0.05, 0) is 30.0 Å². The van der Waals surface area contributed by atoms with Gasteiger partial charge in [0, 0.05) is 26.3 Å². The fraction of sp³-hybridized carbons (Fsp3) is 0.650. The van der Waals surface area contributed by atoms with Crippen LogP contribution in [0.15, 0.2) is 23.2 Å². The van der Waals surface area contributed by atoms with Gasteiger partial charge in [-0.1, -0.05) is 20.8 Å². The number of aliphatic imine (C=N–C) groups is 1. The summed E-state index contributed by atoms with van der Waals surface area (Å²) in [6, 6.07) is 5.35. The minimum absolute atomic E-state index is 0. The van der Waals surface area contributed by atoms with Crippen LogP contribution in [0.4, 0.5) is 0 Å². The molecule has 7 nitrogen and oxygen atoms in total. The van der Waals surface area contributed by atoms with Crippen molar-refractivity contribution in [1.29, 1.82) is 0 Å². The van der Waals surface area contributed by atoms with Gasteiger partial charge in [-0.2, -0.15) is 0 Å². The topological polar surface area (TPSA) is 84.3 Å². The summed E-state index contributed by atoms with van der Waals surface area (Å²) < 4.78 is 16.1. The van der Waals surface area contributed by atoms with E-state index in [1.807, 2.05) is 6.92 Å². The third kappa shape index (κ3) is 8.83. The quantitative estimate of drug-likeness (QED) is 0.270. The van der Waals surface area contributed by atoms with Crippen LogP contribution in [0.1, 0.15) is 39.4 Å². The maximum Gasteiger partial charge on any atom is 0.191 e. The summed E-state index contributed by atoms with van der Waals surface area (Å²) in [5, 5.41) is 16.9. The number of nitrogens with zero attached hydrogens (tertiary/aromatic N) is 1. The predicted molar refractivity (Wildman–Crippen MR) is 124 cm³/mol. The zero-order valence-corrected chi connectivity index (χ0v) is 20.4. The maximum atomic E-state index is 10.5. The Morgan fingerprint density at radius 3 is 2.07 bits per heavy atom. The second-order valence-corrected chi connectivity index (χ2v) is 7.35. The molecule has 0 saturated carbocycles. The number of rotatable bonds is 9. The molecule has 0 fully saturated rings. The summed E-state index contributed by atoms with van der Waals surface area (Å²) in [5.74, 6) is 1.91. The molecular formula is C20H36IN3O4. The Kier molecular flexibility index (Phi) is 12.5. The molecule has 0 aliphatic rings. The molecule has 0 spiro atoms. The first-order valence-corrected chi connectivity index (χ1v) is 9.21. The molecule has 2 atom stereocenters. The van der Waals surface area contributed by atoms with E-state index in [9.17, 15) is 5.11 Å². The molecule has 0 radical (unpaired) electrons. The Hall–Kier alpha value is -1.26. The van der Waals surface area contributed by atoms with Gasteiger partial charge >= 0.3 is 0 Å². The highest BCUT2D eigenvalue weighted by molar-refractivity contribution is 14.0. The number of hydrogen-bond acceptors (Lipinski definition) is 5. The summed E-state index contributed by atoms with van der Waals surface area (Å²) in [6.45, 7) is 9.92. The second kappa shape index (κ2) is 13.1. The summed E-state index contributed by atoms with van der Waals surface area (Å²) >= 11 is 0. The molecule has 0 bridgehead atoms. The molecule has 1 aromatic carbocycles. The molecule has 8 heteroatoms. The van der Waals surface area contributed by atoms with Crippen molar-refractivity contribution >= 4 is 29.9 Å². The third-order valence-corrected chi connectivity index (χ3v) is 4.23. The van der Waals surface area contributed by atoms with E-state index in [2.05, 4.69) is 36.4 Å². The van der Waals surface area contributed by atoms with Crippen LogP contribution in [0, 0.1) is 5.41 Å². The zero-order valence-electron chi connectivity index (χ0n) is 18.0. The molecule has 162 valence electrons. The van der Waals surface area contributed by atoms with Crippen LogP contribution < -0.4 is 20.1 Å². The number of ether oxygens (including phenoxy) is 3. The van der Waals surface area contributed by atoms with Crippen molar-refractivity contribution < 1.29 is 19.3 Å². The lowest BCUT2D eigenvalue weighted by Crippen LogP contribution is -2.41. The Morgan fingerprint density at radius 1 is 1.07 bits per heavy atom. The predicted octanol–water partition coefficient (Wildman–Crippen LogP) is 2.97. The van der Waals surface area contributed by atoms with Crippen LogP contribution in [0.5, 0.6) is 11.5 Å². The van der Waals surface area contributed by atoms with Gasteiger partial charge in [-0.15, -0.1) is 24.0 Å². The van der Waals surface area contributed by atoms with Crippen molar-refractivity contribution in [1.82, 2.24) is 10.6 Å². The molecule has 0 heterocycles. The minimum atomic E-state index is -0.737. The van der Waals surface area contributed by atoms with E-state index < -0.39 is 6.10 Å². The lowest BCUT2D eigenvalue weighted by atomic mass is 9.89. The zero-order chi connectivity index (χ0) is 20.4. The molecule has 0 amide bonds. The van der Waals surface area contributed by atoms with Crippen molar-refractivity contribution in [2.75, 3.05) is 41.0 Å². The number of aliphatic hydroxyl groups excluding tert-OH is 1. The van der Waals surface area contributed by atoms with Gasteiger partial charge in [0.15, 0.2) is 5.96 Å². The summed E-state index contributed by atoms with van der Waals surface area (Å²) in [7, 11) is 4.87. The standard InChI is InChI=1S/C20H35N3O4.HI/c1-8-21-19(23-13-18(27-7)20(2,3)4)22-12-17(24)14-9-15(25-5)11-16(10-14)26-6;/h9-11,17-18,24H,8,12-13H2,1-7H3,(H2,21,22,23);1H. The number of guanidine groups is 1. The van der Waals surface area contributed by atoms with E-state index in [0.717, 1.165) is 6.54 Å². The molecular weight excluding hydrogens is 473 g/mol. The van der Waals surface area contributed by atoms with Crippen LogP contribution >= 0.6 is 24.0 Å². The van der Waals surface area contributed by atoms with E-state index in [-0.39, 0.29) is 35.5 Å². The Balaban J connectivity index is 0.00000729. The van der Waals surface area contributed by atoms with Crippen molar-refractivity contribution in [3.63, 3.8) is 0 Å². The third-order valence-electron chi connectivity index (χ3n) is 4.23. The van der Waals surface area contributed by atoms with E-state index in [4.69, 9.17) is 14.2 Å². The normalized spacial score (nSPS) is 13.9. The number of aliphatic hydroxyl groups is 1. The SMILES string of the molecule is CCNC(=NCC(OC)C(C)(C)C)NCC(O)c1cc(OC)cc(OC)c1.I. The monoisotopic (exact) mass is 509 g/mol. The van der Waals surface area contributed by atoms with E-state index in [1.165, 1.54) is 0 Å². The van der Waals surface area contributed by atoms with Gasteiger partial charge in [0.05, 0.1) is 33.0 Å². The van der Waals surface area contributed by atoms with Crippen molar-refractivity contribution in [2.24, 2.45) is 10.4 Å². The lowest BCUT2D eigenvalue weighted by molar-refractivity contribution is 0.0241. The highest BCUT2D eigenvalue weighted by atomic mass is 127. The largest absolute Gasteiger partial charge is 0.497 e. The second-order valence-electron chi connectivity index (χ2n) is 7.35. The summed E-state index contributed by atoms with van der Waals surface area (Å²) in [4.78, 5) is 4.59. The average Bonchev–Trinajstić information content (AvgIpc) is 2.64. The maximum absolute atomic E-state index is 10.5. The first-order valence-electron chi connectivity index (χ1n) is 9.21. The van der Waals surface area contributed by atoms with Gasteiger partial charge in [0.2, 0.25) is 0 Å². The van der Waals surface area contributed by atoms with Gasteiger partial charge in [0.1, 0.15) is 11.5 Å². The Morgan fingerprint density at radius 2 is 1.64 bits per heavy atom. The van der Waals surface area contributed by atoms with Crippen molar-refractivity contribution in [3.05, 3.63) is 23.8 Å². The van der Waals surface area contributed by atoms with E-state index in [1.54, 1.807) is 39.5 Å². The number of halogens is 1. The van der Waals surface area contributed by atoms with Crippen LogP contribution in [0.25, 0.3) is 0 Å². The molecule has 2 unspecified atom stereocenters. The first-order chi connectivity index (χ1) is 12.7. The number of hydrogen-bond donors (Lipinski definition) is 3. The molecule has 3 N–H and O–H groups in total. The van der Waals surface area contributed by atoms with Gasteiger partial charge < -0.3 is 30.0 Å². The number of benzene rings is 1. The minimum Gasteiger partial charge on any atom is -0.497 e. The summed E-state index contributed by atoms with van der Waals surface area (Å²) in [5.41, 5.74) is 0.700. The number of nitrogens with one attached hydrogen (secondary N) is 2. The van der Waals surface area contributed by atoms with Crippen molar-refractivity contribution in [3.8, 4) is 11.5 Å². The number of methoxy groups -OCH3 is 3. The lowest BCUT2D eigenvalue weighted by Gasteiger charge is -2.28. The highest BCUT2D eigenvalue weighted by Crippen LogP contribution is 2.26. The van der Waals surface area contributed by atoms with Crippen LogP contribution in [-0.2, 0) is 4.74 Å². The molecule has 0 aromatic heterocycles. The smallest absolute Gasteiger partial charge is 0.191 e. The van der Waals surface area contributed by atoms with Gasteiger partial charge in [-0.25, -0.2) is 0 Å². The van der Waals surface area contributed by atoms with Gasteiger partial charge in [0.25, 0.3) is 0 Å². The molecule has 0 aliphatic carbocycles. The van der Waals surface area contributed by atoms with Gasteiger partial charge in [-0.3, -0.25) is 4.99 Å². The van der Waals surface area contributed by atoms with Crippen LogP contribution in [0.2, 0.25) is 0 Å². The Bertz CT molecular complexity index is 583.